The fourth-order valence-corrected chi connectivity index (χ4v) is 1.76. The molecule has 0 radical (unpaired) electrons. The second-order valence-electron chi connectivity index (χ2n) is 2.63. The molecule has 1 aromatic rings. The van der Waals surface area contributed by atoms with Crippen LogP contribution in [0.3, 0.4) is 0 Å². The van der Waals surface area contributed by atoms with Gasteiger partial charge in [0, 0.05) is 0 Å². The van der Waals surface area contributed by atoms with E-state index in [0.29, 0.717) is 0 Å². The number of carbonyl (C=O) groups is 1. The van der Waals surface area contributed by atoms with Gasteiger partial charge in [0.15, 0.2) is 0 Å². The van der Waals surface area contributed by atoms with Crippen LogP contribution in [-0.2, 0) is 21.3 Å². The fraction of sp³-hybridized carbons (Fsp3) is 0.125. The third-order valence-corrected chi connectivity index (χ3v) is 2.52. The Labute approximate surface area is 99.0 Å². The molecule has 7 heteroatoms. The molecule has 0 fully saturated rings. The molecule has 76 valence electrons. The van der Waals surface area contributed by atoms with E-state index in [-0.39, 0.29) is 24.4 Å². The number of rotatable bonds is 3. The summed E-state index contributed by atoms with van der Waals surface area (Å²) in [5.41, 5.74) is 0.00926. The Bertz CT molecular complexity index is 454. The number of hydrogen-bond donors (Lipinski definition) is 1. The normalized spacial score (nSPS) is 10.5. The smallest absolute Gasteiger partial charge is 0.744 e. The van der Waals surface area contributed by atoms with Crippen LogP contribution in [0.5, 0.6) is 0 Å². The first kappa shape index (κ1) is 14.2. The van der Waals surface area contributed by atoms with Crippen LogP contribution < -0.4 is 18.9 Å². The zero-order valence-electron chi connectivity index (χ0n) is 8.00. The predicted octanol–water partition coefficient (Wildman–Crippen LogP) is -2.78. The molecule has 0 aliphatic carbocycles. The van der Waals surface area contributed by atoms with Gasteiger partial charge in [-0.15, -0.1) is 0 Å². The number of carboxylic acids is 1. The molecule has 0 saturated heterocycles. The van der Waals surface area contributed by atoms with Crippen molar-refractivity contribution in [1.29, 1.82) is 0 Å². The molecule has 5 nitrogen and oxygen atoms in total. The number of hydrogen-bond acceptors (Lipinski definition) is 4. The molecule has 0 bridgehead atoms. The molecule has 0 spiro atoms. The van der Waals surface area contributed by atoms with Gasteiger partial charge in [0.25, 0.3) is 0 Å². The number of carboxylic acid groups (broad SMARTS) is 1. The average molecular weight is 222 g/mol. The zero-order valence-corrected chi connectivity index (χ0v) is 8.82. The van der Waals surface area contributed by atoms with Gasteiger partial charge in [0.05, 0.1) is 11.3 Å². The van der Waals surface area contributed by atoms with E-state index < -0.39 is 27.4 Å². The molecule has 1 aromatic carbocycles. The zero-order chi connectivity index (χ0) is 10.8. The first-order valence-corrected chi connectivity index (χ1v) is 5.07. The van der Waals surface area contributed by atoms with Crippen LogP contribution >= 0.6 is 0 Å². The summed E-state index contributed by atoms with van der Waals surface area (Å²) in [4.78, 5) is 9.88. The van der Waals surface area contributed by atoms with E-state index >= 15 is 0 Å². The third kappa shape index (κ3) is 4.06. The van der Waals surface area contributed by atoms with Crippen molar-refractivity contribution >= 4 is 16.1 Å². The van der Waals surface area contributed by atoms with Crippen LogP contribution in [0.25, 0.3) is 0 Å². The van der Waals surface area contributed by atoms with E-state index in [1.165, 1.54) is 18.2 Å². The Morgan fingerprint density at radius 1 is 1.33 bits per heavy atom. The maximum atomic E-state index is 10.7. The van der Waals surface area contributed by atoms with Gasteiger partial charge in [0.1, 0.15) is 10.1 Å². The van der Waals surface area contributed by atoms with E-state index in [0.717, 1.165) is 6.07 Å². The van der Waals surface area contributed by atoms with Crippen LogP contribution in [-0.4, -0.2) is 24.0 Å². The van der Waals surface area contributed by atoms with Crippen molar-refractivity contribution in [3.8, 4) is 0 Å². The molecule has 0 aliphatic heterocycles. The Morgan fingerprint density at radius 3 is 2.33 bits per heavy atom. The fourth-order valence-electron chi connectivity index (χ4n) is 1.06. The quantitative estimate of drug-likeness (QED) is 0.441. The van der Waals surface area contributed by atoms with E-state index in [1.807, 2.05) is 0 Å². The third-order valence-electron chi connectivity index (χ3n) is 1.58. The van der Waals surface area contributed by atoms with Crippen LogP contribution in [0.4, 0.5) is 0 Å². The summed E-state index contributed by atoms with van der Waals surface area (Å²) < 4.78 is 32.1. The molecule has 0 aliphatic rings. The summed E-state index contributed by atoms with van der Waals surface area (Å²) in [5.74, 6) is -1.18. The summed E-state index contributed by atoms with van der Waals surface area (Å²) in [6.45, 7) is 0. The Hall–Kier alpha value is -0.803. The number of benzene rings is 1. The van der Waals surface area contributed by atoms with Gasteiger partial charge in [-0.2, -0.15) is 0 Å². The van der Waals surface area contributed by atoms with Crippen LogP contribution in [0.2, 0.25) is 0 Å². The molecule has 0 atom stereocenters. The van der Waals surface area contributed by atoms with E-state index in [2.05, 4.69) is 0 Å². The SMILES string of the molecule is O=C(O)Cc1ccccc1S(=O)(=O)[O-].[Li+]. The van der Waals surface area contributed by atoms with Crippen molar-refractivity contribution in [2.75, 3.05) is 0 Å². The maximum absolute atomic E-state index is 10.7. The maximum Gasteiger partial charge on any atom is 1.00 e. The number of aliphatic carboxylic acids is 1. The summed E-state index contributed by atoms with van der Waals surface area (Å²) in [6, 6.07) is 5.25. The minimum atomic E-state index is -4.59. The molecule has 0 amide bonds. The van der Waals surface area contributed by atoms with E-state index in [9.17, 15) is 17.8 Å². The van der Waals surface area contributed by atoms with Crippen LogP contribution in [0.1, 0.15) is 5.56 Å². The van der Waals surface area contributed by atoms with Gasteiger partial charge in [-0.25, -0.2) is 8.42 Å². The van der Waals surface area contributed by atoms with Gasteiger partial charge in [0.2, 0.25) is 0 Å². The Kier molecular flexibility index (Phi) is 5.04. The Morgan fingerprint density at radius 2 is 1.87 bits per heavy atom. The topological polar surface area (TPSA) is 94.5 Å². The first-order chi connectivity index (χ1) is 6.41. The molecule has 15 heavy (non-hydrogen) atoms. The average Bonchev–Trinajstić information content (AvgIpc) is 2.01. The van der Waals surface area contributed by atoms with Crippen molar-refractivity contribution in [3.05, 3.63) is 29.8 Å². The second kappa shape index (κ2) is 5.33. The van der Waals surface area contributed by atoms with Gasteiger partial charge in [-0.1, -0.05) is 18.2 Å². The monoisotopic (exact) mass is 222 g/mol. The molecule has 0 aromatic heterocycles. The first-order valence-electron chi connectivity index (χ1n) is 3.67. The molecule has 1 N–H and O–H groups in total. The van der Waals surface area contributed by atoms with Crippen molar-refractivity contribution in [2.24, 2.45) is 0 Å². The van der Waals surface area contributed by atoms with Gasteiger partial charge >= 0.3 is 24.8 Å². The molecule has 0 saturated carbocycles. The van der Waals surface area contributed by atoms with Crippen LogP contribution in [0.15, 0.2) is 29.2 Å². The summed E-state index contributed by atoms with van der Waals surface area (Å²) in [7, 11) is -4.59. The molecular formula is C8H7LiO5S. The second-order valence-corrected chi connectivity index (χ2v) is 3.98. The van der Waals surface area contributed by atoms with Gasteiger partial charge in [-0.05, 0) is 11.6 Å². The predicted molar refractivity (Wildman–Crippen MR) is 45.7 cm³/mol. The van der Waals surface area contributed by atoms with Crippen molar-refractivity contribution in [3.63, 3.8) is 0 Å². The molecule has 0 unspecified atom stereocenters. The van der Waals surface area contributed by atoms with Gasteiger partial charge in [-0.3, -0.25) is 4.79 Å². The minimum Gasteiger partial charge on any atom is -0.744 e. The molecule has 0 heterocycles. The molecular weight excluding hydrogens is 215 g/mol. The van der Waals surface area contributed by atoms with Crippen molar-refractivity contribution < 1.29 is 41.7 Å². The summed E-state index contributed by atoms with van der Waals surface area (Å²) >= 11 is 0. The summed E-state index contributed by atoms with van der Waals surface area (Å²) in [6.07, 6.45) is -0.475. The largest absolute Gasteiger partial charge is 1.00 e. The standard InChI is InChI=1S/C8H8O5S.Li/c9-8(10)5-6-3-1-2-4-7(6)14(11,12)13;/h1-4H,5H2,(H,9,10)(H,11,12,13);/q;+1/p-1. The van der Waals surface area contributed by atoms with Crippen molar-refractivity contribution in [1.82, 2.24) is 0 Å². The van der Waals surface area contributed by atoms with Crippen LogP contribution in [0, 0.1) is 0 Å². The van der Waals surface area contributed by atoms with E-state index in [4.69, 9.17) is 5.11 Å². The van der Waals surface area contributed by atoms with E-state index in [1.54, 1.807) is 0 Å². The Balaban J connectivity index is 0.00000196. The minimum absolute atomic E-state index is 0. The van der Waals surface area contributed by atoms with Crippen molar-refractivity contribution in [2.45, 2.75) is 11.3 Å². The summed E-state index contributed by atoms with van der Waals surface area (Å²) in [5, 5.41) is 8.46. The molecule has 1 rings (SSSR count). The van der Waals surface area contributed by atoms with Gasteiger partial charge < -0.3 is 9.66 Å².